The molecule has 0 radical (unpaired) electrons. The number of para-hydroxylation sites is 1. The van der Waals surface area contributed by atoms with Crippen molar-refractivity contribution in [3.8, 4) is 5.75 Å². The predicted molar refractivity (Wildman–Crippen MR) is 107 cm³/mol. The maximum atomic E-state index is 12.8. The lowest BCUT2D eigenvalue weighted by molar-refractivity contribution is -0.142. The van der Waals surface area contributed by atoms with E-state index in [1.165, 1.54) is 11.9 Å². The molecule has 8 heteroatoms. The van der Waals surface area contributed by atoms with Crippen LogP contribution in [0.5, 0.6) is 5.75 Å². The molecule has 5 nitrogen and oxygen atoms in total. The van der Waals surface area contributed by atoms with Gasteiger partial charge in [0.25, 0.3) is 5.91 Å². The van der Waals surface area contributed by atoms with Crippen LogP contribution in [-0.2, 0) is 16.1 Å². The van der Waals surface area contributed by atoms with E-state index in [0.29, 0.717) is 20.8 Å². The highest BCUT2D eigenvalue weighted by Gasteiger charge is 2.26. The molecule has 0 aliphatic rings. The fourth-order valence-corrected chi connectivity index (χ4v) is 2.92. The van der Waals surface area contributed by atoms with Crippen LogP contribution in [0, 0.1) is 0 Å². The first-order chi connectivity index (χ1) is 12.8. The largest absolute Gasteiger partial charge is 0.482 e. The first kappa shape index (κ1) is 21.4. The van der Waals surface area contributed by atoms with Gasteiger partial charge >= 0.3 is 0 Å². The van der Waals surface area contributed by atoms with Gasteiger partial charge in [0.2, 0.25) is 5.91 Å². The van der Waals surface area contributed by atoms with Gasteiger partial charge in [-0.1, -0.05) is 53.0 Å². The standard InChI is InChI=1S/C19H19Cl3N2O3/c1-12(19(26)23-2)24(10-13-7-8-14(20)16(22)9-13)18(25)11-27-17-6-4-3-5-15(17)21/h3-9,12H,10-11H2,1-2H3,(H,23,26). The lowest BCUT2D eigenvalue weighted by Gasteiger charge is -2.28. The van der Waals surface area contributed by atoms with Gasteiger partial charge in [0.05, 0.1) is 15.1 Å². The molecule has 2 aromatic rings. The Hall–Kier alpha value is -1.95. The van der Waals surface area contributed by atoms with Crippen molar-refractivity contribution in [2.75, 3.05) is 13.7 Å². The maximum Gasteiger partial charge on any atom is 0.261 e. The molecule has 27 heavy (non-hydrogen) atoms. The number of ether oxygens (including phenoxy) is 1. The van der Waals surface area contributed by atoms with Crippen molar-refractivity contribution in [2.45, 2.75) is 19.5 Å². The minimum Gasteiger partial charge on any atom is -0.482 e. The Balaban J connectivity index is 2.17. The summed E-state index contributed by atoms with van der Waals surface area (Å²) in [5.74, 6) is -0.257. The van der Waals surface area contributed by atoms with Crippen molar-refractivity contribution in [1.82, 2.24) is 10.2 Å². The van der Waals surface area contributed by atoms with E-state index in [1.54, 1.807) is 49.4 Å². The molecule has 0 aromatic heterocycles. The molecule has 144 valence electrons. The Labute approximate surface area is 173 Å². The van der Waals surface area contributed by atoms with Crippen molar-refractivity contribution in [3.63, 3.8) is 0 Å². The Morgan fingerprint density at radius 1 is 1.07 bits per heavy atom. The van der Waals surface area contributed by atoms with Crippen LogP contribution in [0.1, 0.15) is 12.5 Å². The SMILES string of the molecule is CNC(=O)C(C)N(Cc1ccc(Cl)c(Cl)c1)C(=O)COc1ccccc1Cl. The Kier molecular flexibility index (Phi) is 7.78. The summed E-state index contributed by atoms with van der Waals surface area (Å²) in [4.78, 5) is 26.3. The number of hydrogen-bond donors (Lipinski definition) is 1. The Bertz CT molecular complexity index is 830. The molecule has 2 aromatic carbocycles. The highest BCUT2D eigenvalue weighted by Crippen LogP contribution is 2.25. The molecule has 0 heterocycles. The van der Waals surface area contributed by atoms with Gasteiger partial charge in [-0.3, -0.25) is 9.59 Å². The average molecular weight is 430 g/mol. The average Bonchev–Trinajstić information content (AvgIpc) is 2.66. The lowest BCUT2D eigenvalue weighted by Crippen LogP contribution is -2.48. The summed E-state index contributed by atoms with van der Waals surface area (Å²) in [6.07, 6.45) is 0. The summed E-state index contributed by atoms with van der Waals surface area (Å²) >= 11 is 18.0. The monoisotopic (exact) mass is 428 g/mol. The van der Waals surface area contributed by atoms with E-state index in [-0.39, 0.29) is 25.0 Å². The van der Waals surface area contributed by atoms with Gasteiger partial charge in [0, 0.05) is 13.6 Å². The summed E-state index contributed by atoms with van der Waals surface area (Å²) in [5, 5.41) is 3.74. The zero-order chi connectivity index (χ0) is 20.0. The molecular formula is C19H19Cl3N2O3. The number of rotatable bonds is 7. The molecule has 0 spiro atoms. The van der Waals surface area contributed by atoms with E-state index >= 15 is 0 Å². The molecule has 0 saturated carbocycles. The smallest absolute Gasteiger partial charge is 0.261 e. The first-order valence-corrected chi connectivity index (χ1v) is 9.29. The molecule has 0 fully saturated rings. The quantitative estimate of drug-likeness (QED) is 0.718. The highest BCUT2D eigenvalue weighted by molar-refractivity contribution is 6.42. The second-order valence-electron chi connectivity index (χ2n) is 5.78. The van der Waals surface area contributed by atoms with Crippen LogP contribution in [0.2, 0.25) is 15.1 Å². The van der Waals surface area contributed by atoms with E-state index in [2.05, 4.69) is 5.32 Å². The number of amides is 2. The minimum atomic E-state index is -0.702. The molecule has 0 bridgehead atoms. The zero-order valence-electron chi connectivity index (χ0n) is 14.8. The van der Waals surface area contributed by atoms with Crippen LogP contribution in [-0.4, -0.2) is 36.4 Å². The molecule has 2 amide bonds. The van der Waals surface area contributed by atoms with Crippen molar-refractivity contribution in [1.29, 1.82) is 0 Å². The van der Waals surface area contributed by atoms with Crippen molar-refractivity contribution in [2.24, 2.45) is 0 Å². The topological polar surface area (TPSA) is 58.6 Å². The number of nitrogens with one attached hydrogen (secondary N) is 1. The van der Waals surface area contributed by atoms with Crippen molar-refractivity contribution >= 4 is 46.6 Å². The minimum absolute atomic E-state index is 0.177. The fourth-order valence-electron chi connectivity index (χ4n) is 2.41. The summed E-state index contributed by atoms with van der Waals surface area (Å²) in [5.41, 5.74) is 0.742. The summed E-state index contributed by atoms with van der Waals surface area (Å²) in [6.45, 7) is 1.56. The van der Waals surface area contributed by atoms with Gasteiger partial charge in [-0.2, -0.15) is 0 Å². The number of nitrogens with zero attached hydrogens (tertiary/aromatic N) is 1. The predicted octanol–water partition coefficient (Wildman–Crippen LogP) is 4.19. The van der Waals surface area contributed by atoms with Gasteiger partial charge < -0.3 is 15.0 Å². The highest BCUT2D eigenvalue weighted by atomic mass is 35.5. The molecule has 1 unspecified atom stereocenters. The number of likely N-dealkylation sites (N-methyl/N-ethyl adjacent to an activating group) is 1. The van der Waals surface area contributed by atoms with E-state index in [0.717, 1.165) is 5.56 Å². The molecule has 1 N–H and O–H groups in total. The normalized spacial score (nSPS) is 11.6. The third-order valence-electron chi connectivity index (χ3n) is 3.94. The van der Waals surface area contributed by atoms with Gasteiger partial charge in [-0.25, -0.2) is 0 Å². The van der Waals surface area contributed by atoms with Crippen molar-refractivity contribution < 1.29 is 14.3 Å². The van der Waals surface area contributed by atoms with Crippen LogP contribution in [0.4, 0.5) is 0 Å². The molecule has 0 aliphatic heterocycles. The number of benzene rings is 2. The van der Waals surface area contributed by atoms with E-state index < -0.39 is 6.04 Å². The molecule has 0 saturated heterocycles. The van der Waals surface area contributed by atoms with E-state index in [9.17, 15) is 9.59 Å². The number of halogens is 3. The summed E-state index contributed by atoms with van der Waals surface area (Å²) < 4.78 is 5.52. The van der Waals surface area contributed by atoms with Gasteiger partial charge in [0.1, 0.15) is 11.8 Å². The van der Waals surface area contributed by atoms with E-state index in [1.807, 2.05) is 0 Å². The third kappa shape index (κ3) is 5.76. The molecule has 1 atom stereocenters. The summed E-state index contributed by atoms with van der Waals surface area (Å²) in [7, 11) is 1.51. The van der Waals surface area contributed by atoms with Crippen LogP contribution in [0.3, 0.4) is 0 Å². The van der Waals surface area contributed by atoms with Gasteiger partial charge in [-0.05, 0) is 36.8 Å². The number of carbonyl (C=O) groups excluding carboxylic acids is 2. The maximum absolute atomic E-state index is 12.8. The van der Waals surface area contributed by atoms with E-state index in [4.69, 9.17) is 39.5 Å². The molecule has 2 rings (SSSR count). The number of hydrogen-bond acceptors (Lipinski definition) is 3. The van der Waals surface area contributed by atoms with Gasteiger partial charge in [0.15, 0.2) is 6.61 Å². The third-order valence-corrected chi connectivity index (χ3v) is 4.99. The van der Waals surface area contributed by atoms with Crippen molar-refractivity contribution in [3.05, 3.63) is 63.1 Å². The number of carbonyl (C=O) groups is 2. The van der Waals surface area contributed by atoms with Crippen LogP contribution in [0.25, 0.3) is 0 Å². The molecule has 0 aliphatic carbocycles. The Morgan fingerprint density at radius 2 is 1.78 bits per heavy atom. The second kappa shape index (κ2) is 9.83. The lowest BCUT2D eigenvalue weighted by atomic mass is 10.1. The first-order valence-electron chi connectivity index (χ1n) is 8.15. The molecular weight excluding hydrogens is 411 g/mol. The van der Waals surface area contributed by atoms with Crippen LogP contribution < -0.4 is 10.1 Å². The summed E-state index contributed by atoms with van der Waals surface area (Å²) in [6, 6.07) is 11.2. The van der Waals surface area contributed by atoms with Gasteiger partial charge in [-0.15, -0.1) is 0 Å². The Morgan fingerprint density at radius 3 is 2.41 bits per heavy atom. The van der Waals surface area contributed by atoms with Crippen LogP contribution >= 0.6 is 34.8 Å². The fraction of sp³-hybridized carbons (Fsp3) is 0.263. The van der Waals surface area contributed by atoms with Crippen LogP contribution in [0.15, 0.2) is 42.5 Å². The second-order valence-corrected chi connectivity index (χ2v) is 7.00. The zero-order valence-corrected chi connectivity index (χ0v) is 17.1.